The number of nitrogens with zero attached hydrogens (tertiary/aromatic N) is 3. The second-order valence-electron chi connectivity index (χ2n) is 8.36. The van der Waals surface area contributed by atoms with Crippen molar-refractivity contribution in [2.75, 3.05) is 24.7 Å². The van der Waals surface area contributed by atoms with Gasteiger partial charge in [0.2, 0.25) is 0 Å². The van der Waals surface area contributed by atoms with Gasteiger partial charge >= 0.3 is 0 Å². The molecule has 2 aliphatic rings. The number of amides is 1. The summed E-state index contributed by atoms with van der Waals surface area (Å²) in [6.45, 7) is 6.40. The molecule has 0 saturated carbocycles. The number of halogens is 1. The van der Waals surface area contributed by atoms with E-state index in [1.807, 2.05) is 65.5 Å². The van der Waals surface area contributed by atoms with Gasteiger partial charge in [-0.15, -0.1) is 0 Å². The van der Waals surface area contributed by atoms with Crippen molar-refractivity contribution in [3.8, 4) is 5.75 Å². The van der Waals surface area contributed by atoms with Gasteiger partial charge < -0.3 is 4.74 Å². The fraction of sp³-hybridized carbons (Fsp3) is 0.440. The Bertz CT molecular complexity index is 955. The molecule has 0 radical (unpaired) electrons. The molecular weight excluding hydrogens is 424 g/mol. The first-order valence-electron chi connectivity index (χ1n) is 11.5. The Balaban J connectivity index is 1.63. The van der Waals surface area contributed by atoms with Crippen LogP contribution in [0.5, 0.6) is 5.75 Å². The number of ether oxygens (including phenoxy) is 1. The first-order chi connectivity index (χ1) is 15.6. The molecule has 1 saturated heterocycles. The summed E-state index contributed by atoms with van der Waals surface area (Å²) in [5, 5.41) is 9.33. The lowest BCUT2D eigenvalue weighted by Gasteiger charge is -2.27. The van der Waals surface area contributed by atoms with Crippen molar-refractivity contribution in [3.63, 3.8) is 0 Å². The smallest absolute Gasteiger partial charge is 0.282 e. The van der Waals surface area contributed by atoms with Crippen LogP contribution >= 0.6 is 11.6 Å². The lowest BCUT2D eigenvalue weighted by molar-refractivity contribution is -0.119. The molecule has 1 N–H and O–H groups in total. The lowest BCUT2D eigenvalue weighted by Crippen LogP contribution is -2.46. The number of benzene rings is 2. The van der Waals surface area contributed by atoms with E-state index in [4.69, 9.17) is 21.4 Å². The van der Waals surface area contributed by atoms with E-state index in [1.165, 1.54) is 12.8 Å². The average Bonchev–Trinajstić information content (AvgIpc) is 2.95. The second-order valence-corrected chi connectivity index (χ2v) is 8.77. The van der Waals surface area contributed by atoms with Crippen LogP contribution in [0.3, 0.4) is 0 Å². The van der Waals surface area contributed by atoms with Gasteiger partial charge in [-0.1, -0.05) is 55.6 Å². The third-order valence-corrected chi connectivity index (χ3v) is 6.43. The quantitative estimate of drug-likeness (QED) is 0.651. The fourth-order valence-corrected chi connectivity index (χ4v) is 4.69. The van der Waals surface area contributed by atoms with Gasteiger partial charge in [-0.2, -0.15) is 5.10 Å². The van der Waals surface area contributed by atoms with Crippen LogP contribution in [0.2, 0.25) is 5.02 Å². The molecule has 6 nitrogen and oxygen atoms in total. The SMILES string of the molecule is CCOc1ccc([C@H]2[C@H](C)C(C(=O)NN3CCCCCC3)=NN2c2ccccc2Cl)cc1. The Labute approximate surface area is 195 Å². The first-order valence-corrected chi connectivity index (χ1v) is 11.9. The predicted octanol–water partition coefficient (Wildman–Crippen LogP) is 5.20. The summed E-state index contributed by atoms with van der Waals surface area (Å²) in [5.74, 6) is 0.576. The van der Waals surface area contributed by atoms with Gasteiger partial charge in [-0.05, 0) is 49.6 Å². The molecule has 1 amide bonds. The maximum absolute atomic E-state index is 13.3. The predicted molar refractivity (Wildman–Crippen MR) is 129 cm³/mol. The molecule has 0 aromatic heterocycles. The Morgan fingerprint density at radius 3 is 2.44 bits per heavy atom. The molecule has 4 rings (SSSR count). The molecule has 2 aromatic rings. The van der Waals surface area contributed by atoms with Gasteiger partial charge in [0.15, 0.2) is 0 Å². The molecular formula is C25H31ClN4O2. The minimum Gasteiger partial charge on any atom is -0.494 e. The average molecular weight is 455 g/mol. The number of hydrazine groups is 1. The highest BCUT2D eigenvalue weighted by molar-refractivity contribution is 6.40. The van der Waals surface area contributed by atoms with Crippen molar-refractivity contribution in [2.45, 2.75) is 45.6 Å². The van der Waals surface area contributed by atoms with Crippen LogP contribution in [0.4, 0.5) is 5.69 Å². The minimum atomic E-state index is -0.143. The third kappa shape index (κ3) is 4.92. The van der Waals surface area contributed by atoms with Crippen molar-refractivity contribution in [1.82, 2.24) is 10.4 Å². The fourth-order valence-electron chi connectivity index (χ4n) is 4.47. The highest BCUT2D eigenvalue weighted by Crippen LogP contribution is 2.42. The number of carbonyl (C=O) groups is 1. The lowest BCUT2D eigenvalue weighted by atomic mass is 9.91. The van der Waals surface area contributed by atoms with Crippen LogP contribution in [-0.4, -0.2) is 36.3 Å². The van der Waals surface area contributed by atoms with Crippen LogP contribution in [-0.2, 0) is 4.79 Å². The second kappa shape index (κ2) is 10.4. The summed E-state index contributed by atoms with van der Waals surface area (Å²) in [4.78, 5) is 13.3. The molecule has 32 heavy (non-hydrogen) atoms. The van der Waals surface area contributed by atoms with Gasteiger partial charge in [0, 0.05) is 19.0 Å². The Hall–Kier alpha value is -2.57. The Kier molecular flexibility index (Phi) is 7.33. The molecule has 0 unspecified atom stereocenters. The molecule has 7 heteroatoms. The molecule has 2 heterocycles. The van der Waals surface area contributed by atoms with E-state index in [-0.39, 0.29) is 17.9 Å². The van der Waals surface area contributed by atoms with E-state index in [2.05, 4.69) is 12.3 Å². The number of anilines is 1. The summed E-state index contributed by atoms with van der Waals surface area (Å²) < 4.78 is 5.60. The number of rotatable bonds is 6. The van der Waals surface area contributed by atoms with Crippen LogP contribution in [0, 0.1) is 5.92 Å². The molecule has 0 aliphatic carbocycles. The van der Waals surface area contributed by atoms with Gasteiger partial charge in [0.25, 0.3) is 5.91 Å². The number of nitrogens with one attached hydrogen (secondary N) is 1. The van der Waals surface area contributed by atoms with Crippen molar-refractivity contribution >= 4 is 28.9 Å². The van der Waals surface area contributed by atoms with E-state index in [1.54, 1.807) is 0 Å². The zero-order valence-corrected chi connectivity index (χ0v) is 19.5. The van der Waals surface area contributed by atoms with Gasteiger partial charge in [-0.25, -0.2) is 5.01 Å². The number of hydrazone groups is 1. The molecule has 1 fully saturated rings. The monoisotopic (exact) mass is 454 g/mol. The summed E-state index contributed by atoms with van der Waals surface area (Å²) in [6, 6.07) is 15.5. The van der Waals surface area contributed by atoms with Crippen molar-refractivity contribution in [1.29, 1.82) is 0 Å². The molecule has 2 atom stereocenters. The summed E-state index contributed by atoms with van der Waals surface area (Å²) in [7, 11) is 0. The summed E-state index contributed by atoms with van der Waals surface area (Å²) >= 11 is 6.53. The molecule has 0 bridgehead atoms. The van der Waals surface area contributed by atoms with E-state index in [9.17, 15) is 4.79 Å². The highest BCUT2D eigenvalue weighted by atomic mass is 35.5. The summed E-state index contributed by atoms with van der Waals surface area (Å²) in [6.07, 6.45) is 4.62. The largest absolute Gasteiger partial charge is 0.494 e. The standard InChI is InChI=1S/C25H31ClN4O2/c1-3-32-20-14-12-19(13-15-20)24-18(2)23(25(31)28-29-16-8-4-5-9-17-29)27-30(24)22-11-7-6-10-21(22)26/h6-7,10-15,18,24H,3-5,8-9,16-17H2,1-2H3,(H,28,31)/t18-,24-/m1/s1. The zero-order chi connectivity index (χ0) is 22.5. The Morgan fingerprint density at radius 1 is 1.09 bits per heavy atom. The van der Waals surface area contributed by atoms with Gasteiger partial charge in [0.05, 0.1) is 23.4 Å². The number of hydrogen-bond donors (Lipinski definition) is 1. The maximum Gasteiger partial charge on any atom is 0.282 e. The van der Waals surface area contributed by atoms with Crippen LogP contribution in [0.15, 0.2) is 53.6 Å². The molecule has 0 spiro atoms. The summed E-state index contributed by atoms with van der Waals surface area (Å²) in [5.41, 5.74) is 5.47. The molecule has 170 valence electrons. The van der Waals surface area contributed by atoms with E-state index in [0.717, 1.165) is 42.9 Å². The zero-order valence-electron chi connectivity index (χ0n) is 18.8. The van der Waals surface area contributed by atoms with Crippen molar-refractivity contribution in [3.05, 3.63) is 59.1 Å². The van der Waals surface area contributed by atoms with Gasteiger partial charge in [0.1, 0.15) is 11.5 Å². The van der Waals surface area contributed by atoms with E-state index < -0.39 is 0 Å². The number of carbonyl (C=O) groups excluding carboxylic acids is 1. The topological polar surface area (TPSA) is 57.2 Å². The number of para-hydroxylation sites is 1. The third-order valence-electron chi connectivity index (χ3n) is 6.11. The minimum absolute atomic E-state index is 0.115. The van der Waals surface area contributed by atoms with E-state index >= 15 is 0 Å². The number of hydrogen-bond acceptors (Lipinski definition) is 5. The maximum atomic E-state index is 13.3. The highest BCUT2D eigenvalue weighted by Gasteiger charge is 2.40. The van der Waals surface area contributed by atoms with Crippen LogP contribution in [0.25, 0.3) is 0 Å². The van der Waals surface area contributed by atoms with Gasteiger partial charge in [-0.3, -0.25) is 15.2 Å². The van der Waals surface area contributed by atoms with Crippen molar-refractivity contribution < 1.29 is 9.53 Å². The molecule has 2 aliphatic heterocycles. The van der Waals surface area contributed by atoms with Crippen molar-refractivity contribution in [2.24, 2.45) is 11.0 Å². The molecule has 2 aromatic carbocycles. The Morgan fingerprint density at radius 2 is 1.78 bits per heavy atom. The van der Waals surface area contributed by atoms with Crippen LogP contribution in [0.1, 0.15) is 51.1 Å². The van der Waals surface area contributed by atoms with E-state index in [0.29, 0.717) is 17.3 Å². The normalized spacial score (nSPS) is 21.7. The first kappa shape index (κ1) is 22.6. The van der Waals surface area contributed by atoms with Crippen LogP contribution < -0.4 is 15.2 Å².